The van der Waals surface area contributed by atoms with Crippen molar-refractivity contribution in [2.45, 2.75) is 56.7 Å². The summed E-state index contributed by atoms with van der Waals surface area (Å²) >= 11 is 0. The largest absolute Gasteiger partial charge is 0.388 e. The molecule has 2 aromatic heterocycles. The first-order valence-corrected chi connectivity index (χ1v) is 13.1. The summed E-state index contributed by atoms with van der Waals surface area (Å²) in [5, 5.41) is 24.1. The highest BCUT2D eigenvalue weighted by atomic mass is 32.2. The van der Waals surface area contributed by atoms with E-state index in [0.29, 0.717) is 55.8 Å². The van der Waals surface area contributed by atoms with Gasteiger partial charge in [-0.2, -0.15) is 10.2 Å². The molecule has 2 fully saturated rings. The Morgan fingerprint density at radius 3 is 2.62 bits per heavy atom. The highest BCUT2D eigenvalue weighted by Crippen LogP contribution is 2.39. The number of hydrogen-bond acceptors (Lipinski definition) is 9. The van der Waals surface area contributed by atoms with E-state index in [1.807, 2.05) is 6.07 Å². The Hall–Kier alpha value is -2.59. The van der Waals surface area contributed by atoms with E-state index >= 15 is 0 Å². The summed E-state index contributed by atoms with van der Waals surface area (Å²) < 4.78 is 27.9. The fourth-order valence-corrected chi connectivity index (χ4v) is 6.55. The molecule has 0 radical (unpaired) electrons. The van der Waals surface area contributed by atoms with Crippen molar-refractivity contribution in [2.75, 3.05) is 38.4 Å². The van der Waals surface area contributed by atoms with Gasteiger partial charge >= 0.3 is 0 Å². The van der Waals surface area contributed by atoms with E-state index in [9.17, 15) is 23.6 Å². The Morgan fingerprint density at radius 1 is 1.32 bits per heavy atom. The first kappa shape index (κ1) is 24.5. The molecule has 11 nitrogen and oxygen atoms in total. The van der Waals surface area contributed by atoms with Gasteiger partial charge in [-0.3, -0.25) is 14.3 Å². The van der Waals surface area contributed by atoms with E-state index in [2.05, 4.69) is 15.3 Å². The van der Waals surface area contributed by atoms with Crippen molar-refractivity contribution < 1.29 is 13.5 Å². The first-order chi connectivity index (χ1) is 16.0. The minimum Gasteiger partial charge on any atom is -0.388 e. The molecule has 0 unspecified atom stereocenters. The second-order valence-corrected chi connectivity index (χ2v) is 11.7. The first-order valence-electron chi connectivity index (χ1n) is 11.5. The van der Waals surface area contributed by atoms with E-state index in [0.717, 1.165) is 6.42 Å². The lowest BCUT2D eigenvalue weighted by atomic mass is 9.99. The average Bonchev–Trinajstić information content (AvgIpc) is 3.11. The molecular formula is C22H31N7O4S. The van der Waals surface area contributed by atoms with Crippen LogP contribution in [-0.4, -0.2) is 82.0 Å². The smallest absolute Gasteiger partial charge is 0.270 e. The zero-order valence-corrected chi connectivity index (χ0v) is 20.5. The highest BCUT2D eigenvalue weighted by molar-refractivity contribution is 7.89. The quantitative estimate of drug-likeness (QED) is 0.603. The molecule has 0 spiro atoms. The fourth-order valence-electron chi connectivity index (χ4n) is 4.97. The van der Waals surface area contributed by atoms with Crippen LogP contribution in [0.5, 0.6) is 0 Å². The van der Waals surface area contributed by atoms with Crippen LogP contribution < -0.4 is 10.9 Å². The van der Waals surface area contributed by atoms with Gasteiger partial charge < -0.3 is 10.4 Å². The normalized spacial score (nSPS) is 24.5. The Morgan fingerprint density at radius 2 is 2.03 bits per heavy atom. The molecule has 0 bridgehead atoms. The maximum atomic E-state index is 13.1. The van der Waals surface area contributed by atoms with Crippen LogP contribution in [0.3, 0.4) is 0 Å². The van der Waals surface area contributed by atoms with Crippen LogP contribution in [0.1, 0.15) is 50.6 Å². The van der Waals surface area contributed by atoms with E-state index in [1.54, 1.807) is 32.1 Å². The van der Waals surface area contributed by atoms with Gasteiger partial charge in [-0.25, -0.2) is 17.7 Å². The van der Waals surface area contributed by atoms with Crippen molar-refractivity contribution in [3.63, 3.8) is 0 Å². The van der Waals surface area contributed by atoms with Crippen molar-refractivity contribution in [3.05, 3.63) is 28.2 Å². The maximum Gasteiger partial charge on any atom is 0.270 e. The highest BCUT2D eigenvalue weighted by Gasteiger charge is 2.40. The molecule has 2 aromatic rings. The Kier molecular flexibility index (Phi) is 6.65. The number of nitriles is 1. The van der Waals surface area contributed by atoms with Crippen LogP contribution in [-0.2, 0) is 10.0 Å². The molecule has 2 N–H and O–H groups in total. The van der Waals surface area contributed by atoms with Gasteiger partial charge in [-0.05, 0) is 59.2 Å². The minimum absolute atomic E-state index is 0.00851. The molecule has 3 heterocycles. The molecule has 1 saturated heterocycles. The predicted octanol–water partition coefficient (Wildman–Crippen LogP) is 0.864. The monoisotopic (exact) mass is 489 g/mol. The Bertz CT molecular complexity index is 1270. The summed E-state index contributed by atoms with van der Waals surface area (Å²) in [4.78, 5) is 23.7. The summed E-state index contributed by atoms with van der Waals surface area (Å²) in [6.45, 7) is 2.52. The maximum absolute atomic E-state index is 13.1. The van der Waals surface area contributed by atoms with Crippen molar-refractivity contribution in [3.8, 4) is 6.07 Å². The van der Waals surface area contributed by atoms with Gasteiger partial charge in [0, 0.05) is 30.7 Å². The summed E-state index contributed by atoms with van der Waals surface area (Å²) in [6.07, 6.45) is 4.73. The van der Waals surface area contributed by atoms with E-state index in [1.165, 1.54) is 14.9 Å². The van der Waals surface area contributed by atoms with Crippen LogP contribution in [0.4, 0.5) is 5.95 Å². The zero-order valence-electron chi connectivity index (χ0n) is 19.7. The Labute approximate surface area is 199 Å². The van der Waals surface area contributed by atoms with Gasteiger partial charge in [-0.1, -0.05) is 0 Å². The molecule has 184 valence electrons. The third kappa shape index (κ3) is 4.79. The van der Waals surface area contributed by atoms with Crippen molar-refractivity contribution >= 4 is 27.0 Å². The number of pyridine rings is 1. The van der Waals surface area contributed by atoms with Crippen LogP contribution in [0.2, 0.25) is 0 Å². The second kappa shape index (κ2) is 9.22. The fraction of sp³-hybridized carbons (Fsp3) is 0.636. The number of aromatic nitrogens is 3. The zero-order chi connectivity index (χ0) is 24.7. The number of piperidine rings is 1. The van der Waals surface area contributed by atoms with E-state index in [-0.39, 0.29) is 17.5 Å². The molecule has 0 aromatic carbocycles. The van der Waals surface area contributed by atoms with Gasteiger partial charge in [-0.15, -0.1) is 0 Å². The molecule has 2 atom stereocenters. The summed E-state index contributed by atoms with van der Waals surface area (Å²) in [5.74, 6) is 0.309. The van der Waals surface area contributed by atoms with Crippen LogP contribution in [0, 0.1) is 11.3 Å². The molecule has 34 heavy (non-hydrogen) atoms. The summed E-state index contributed by atoms with van der Waals surface area (Å²) in [5.41, 5.74) is -1.18. The number of nitrogens with zero attached hydrogens (tertiary/aromatic N) is 6. The number of rotatable bonds is 6. The van der Waals surface area contributed by atoms with Gasteiger partial charge in [0.25, 0.3) is 5.56 Å². The van der Waals surface area contributed by atoms with E-state index in [4.69, 9.17) is 0 Å². The Balaban J connectivity index is 1.59. The minimum atomic E-state index is -3.33. The van der Waals surface area contributed by atoms with Crippen LogP contribution in [0.25, 0.3) is 11.0 Å². The molecule has 12 heteroatoms. The molecule has 1 aliphatic heterocycles. The van der Waals surface area contributed by atoms with E-state index < -0.39 is 27.2 Å². The van der Waals surface area contributed by atoms with Gasteiger partial charge in [0.05, 0.1) is 11.6 Å². The molecule has 2 aliphatic rings. The number of aliphatic hydroxyl groups is 1. The number of sulfonamides is 1. The molecular weight excluding hydrogens is 458 g/mol. The standard InChI is InChI=1S/C22H31N7O4S/c1-22(31)8-4-5-18(22)29-19-16(11-15(12-23)20(29)30)13-24-21(26-19)25-17-6-9-28(10-7-17)34(32,33)14-27(2)3/h11,13,17-18,31H,4-10,14H2,1-3H3,(H,24,25,26)/t18-,22-/m1/s1. The lowest BCUT2D eigenvalue weighted by Gasteiger charge is -2.32. The average molecular weight is 490 g/mol. The van der Waals surface area contributed by atoms with Crippen LogP contribution in [0.15, 0.2) is 17.1 Å². The molecule has 0 amide bonds. The van der Waals surface area contributed by atoms with Gasteiger partial charge in [0.1, 0.15) is 23.2 Å². The second-order valence-electron chi connectivity index (χ2n) is 9.72. The van der Waals surface area contributed by atoms with Crippen molar-refractivity contribution in [1.29, 1.82) is 5.26 Å². The SMILES string of the molecule is CN(C)CS(=O)(=O)N1CCC(Nc2ncc3cc(C#N)c(=O)n([C@@H]4CCC[C@@]4(C)O)c3n2)CC1. The number of nitrogens with one attached hydrogen (secondary N) is 1. The molecule has 1 aliphatic carbocycles. The topological polar surface area (TPSA) is 144 Å². The van der Waals surface area contributed by atoms with Crippen molar-refractivity contribution in [2.24, 2.45) is 0 Å². The number of anilines is 1. The number of fused-ring (bicyclic) bond motifs is 1. The predicted molar refractivity (Wildman–Crippen MR) is 128 cm³/mol. The van der Waals surface area contributed by atoms with Crippen LogP contribution >= 0.6 is 0 Å². The lowest BCUT2D eigenvalue weighted by molar-refractivity contribution is 0.0266. The van der Waals surface area contributed by atoms with Gasteiger partial charge in [0.2, 0.25) is 16.0 Å². The lowest BCUT2D eigenvalue weighted by Crippen LogP contribution is -2.45. The third-order valence-corrected chi connectivity index (χ3v) is 8.68. The molecule has 4 rings (SSSR count). The van der Waals surface area contributed by atoms with Gasteiger partial charge in [0.15, 0.2) is 0 Å². The third-order valence-electron chi connectivity index (χ3n) is 6.69. The molecule has 1 saturated carbocycles. The summed E-state index contributed by atoms with van der Waals surface area (Å²) in [6, 6.07) is 2.93. The van der Waals surface area contributed by atoms with Crippen molar-refractivity contribution in [1.82, 2.24) is 23.7 Å². The summed E-state index contributed by atoms with van der Waals surface area (Å²) in [7, 11) is 0.125. The number of hydrogen-bond donors (Lipinski definition) is 2.